The van der Waals surface area contributed by atoms with Crippen molar-refractivity contribution < 1.29 is 19.1 Å². The van der Waals surface area contributed by atoms with Crippen LogP contribution in [-0.4, -0.2) is 28.6 Å². The molecule has 0 bridgehead atoms. The number of methoxy groups -OCH3 is 1. The number of pyridine rings is 1. The van der Waals surface area contributed by atoms with E-state index in [1.165, 1.54) is 12.2 Å². The van der Waals surface area contributed by atoms with E-state index in [0.717, 1.165) is 27.7 Å². The first kappa shape index (κ1) is 22.7. The lowest BCUT2D eigenvalue weighted by Gasteiger charge is -2.11. The third-order valence-electron chi connectivity index (χ3n) is 5.17. The van der Waals surface area contributed by atoms with Crippen LogP contribution in [0, 0.1) is 0 Å². The van der Waals surface area contributed by atoms with E-state index in [1.807, 2.05) is 54.7 Å². The summed E-state index contributed by atoms with van der Waals surface area (Å²) in [6, 6.07) is 18.8. The Morgan fingerprint density at radius 3 is 2.53 bits per heavy atom. The topological polar surface area (TPSA) is 81.3 Å². The summed E-state index contributed by atoms with van der Waals surface area (Å²) in [6.45, 7) is 0.292. The van der Waals surface area contributed by atoms with E-state index in [9.17, 15) is 9.59 Å². The number of rotatable bonds is 10. The van der Waals surface area contributed by atoms with Gasteiger partial charge in [-0.2, -0.15) is 0 Å². The first-order valence-corrected chi connectivity index (χ1v) is 10.8. The molecular formula is C28H24N2O4. The predicted molar refractivity (Wildman–Crippen MR) is 133 cm³/mol. The fraction of sp³-hybridized carbons (Fsp3) is 0.107. The minimum absolute atomic E-state index is 0.200. The quantitative estimate of drug-likeness (QED) is 0.257. The second kappa shape index (κ2) is 10.9. The number of benzene rings is 2. The number of fused-ring (bicyclic) bond motifs is 1. The normalized spacial score (nSPS) is 11.3. The number of carbonyl (C=O) groups is 2. The first-order valence-electron chi connectivity index (χ1n) is 10.8. The largest absolute Gasteiger partial charge is 0.493 e. The zero-order valence-electron chi connectivity index (χ0n) is 18.7. The lowest BCUT2D eigenvalue weighted by atomic mass is 10.1. The molecule has 0 unspecified atom stereocenters. The number of aromatic nitrogens is 2. The second-order valence-electron chi connectivity index (χ2n) is 7.59. The highest BCUT2D eigenvalue weighted by atomic mass is 16.5. The molecular weight excluding hydrogens is 428 g/mol. The van der Waals surface area contributed by atoms with Crippen molar-refractivity contribution in [3.8, 4) is 11.5 Å². The molecule has 2 aromatic heterocycles. The number of nitrogens with zero attached hydrogens (tertiary/aromatic N) is 1. The van der Waals surface area contributed by atoms with Gasteiger partial charge in [0.1, 0.15) is 6.61 Å². The van der Waals surface area contributed by atoms with Crippen LogP contribution in [0.3, 0.4) is 0 Å². The van der Waals surface area contributed by atoms with Gasteiger partial charge in [0.2, 0.25) is 0 Å². The molecule has 2 aromatic carbocycles. The SMILES string of the molecule is COc1ccc(C=CC(=O)CC(=O)C=Cc2c[nH]c3ccccc23)cc1OCc1ccccn1. The summed E-state index contributed by atoms with van der Waals surface area (Å²) in [5.74, 6) is 0.590. The lowest BCUT2D eigenvalue weighted by Crippen LogP contribution is -2.02. The number of H-pyrrole nitrogens is 1. The van der Waals surface area contributed by atoms with E-state index in [4.69, 9.17) is 9.47 Å². The van der Waals surface area contributed by atoms with Crippen LogP contribution in [0.4, 0.5) is 0 Å². The maximum atomic E-state index is 12.3. The number of hydrogen-bond donors (Lipinski definition) is 1. The molecule has 0 amide bonds. The Labute approximate surface area is 197 Å². The molecule has 6 heteroatoms. The highest BCUT2D eigenvalue weighted by Crippen LogP contribution is 2.29. The summed E-state index contributed by atoms with van der Waals surface area (Å²) < 4.78 is 11.2. The van der Waals surface area contributed by atoms with Crippen LogP contribution < -0.4 is 9.47 Å². The van der Waals surface area contributed by atoms with Gasteiger partial charge in [-0.05, 0) is 59.7 Å². The Morgan fingerprint density at radius 1 is 0.941 bits per heavy atom. The zero-order valence-corrected chi connectivity index (χ0v) is 18.7. The number of hydrogen-bond acceptors (Lipinski definition) is 5. The van der Waals surface area contributed by atoms with Crippen molar-refractivity contribution in [3.63, 3.8) is 0 Å². The Balaban J connectivity index is 1.36. The molecule has 0 saturated heterocycles. The Bertz CT molecular complexity index is 1350. The molecule has 4 rings (SSSR count). The summed E-state index contributed by atoms with van der Waals surface area (Å²) in [5, 5.41) is 1.03. The number of ether oxygens (including phenoxy) is 2. The molecule has 0 fully saturated rings. The minimum Gasteiger partial charge on any atom is -0.493 e. The number of allylic oxidation sites excluding steroid dienone is 2. The summed E-state index contributed by atoms with van der Waals surface area (Å²) in [4.78, 5) is 32.0. The van der Waals surface area contributed by atoms with Crippen LogP contribution in [0.1, 0.15) is 23.2 Å². The fourth-order valence-corrected chi connectivity index (χ4v) is 3.44. The van der Waals surface area contributed by atoms with E-state index >= 15 is 0 Å². The molecule has 0 aliphatic carbocycles. The van der Waals surface area contributed by atoms with E-state index in [1.54, 1.807) is 37.6 Å². The highest BCUT2D eigenvalue weighted by Gasteiger charge is 2.08. The number of nitrogens with one attached hydrogen (secondary N) is 1. The summed E-state index contributed by atoms with van der Waals surface area (Å²) >= 11 is 0. The zero-order chi connectivity index (χ0) is 23.8. The van der Waals surface area contributed by atoms with Crippen molar-refractivity contribution in [1.82, 2.24) is 9.97 Å². The van der Waals surface area contributed by atoms with Gasteiger partial charge < -0.3 is 14.5 Å². The second-order valence-corrected chi connectivity index (χ2v) is 7.59. The minimum atomic E-state index is -0.277. The van der Waals surface area contributed by atoms with Crippen molar-refractivity contribution in [3.05, 3.63) is 102 Å². The monoisotopic (exact) mass is 452 g/mol. The van der Waals surface area contributed by atoms with Crippen molar-refractivity contribution in [1.29, 1.82) is 0 Å². The van der Waals surface area contributed by atoms with Crippen molar-refractivity contribution in [2.45, 2.75) is 13.0 Å². The Hall–Kier alpha value is -4.45. The molecule has 4 aromatic rings. The van der Waals surface area contributed by atoms with Crippen LogP contribution in [0.15, 0.2) is 85.2 Å². The Kier molecular flexibility index (Phi) is 7.30. The van der Waals surface area contributed by atoms with Gasteiger partial charge in [-0.3, -0.25) is 14.6 Å². The van der Waals surface area contributed by atoms with Crippen LogP contribution in [0.5, 0.6) is 11.5 Å². The van der Waals surface area contributed by atoms with Crippen LogP contribution >= 0.6 is 0 Å². The molecule has 1 N–H and O–H groups in total. The Morgan fingerprint density at radius 2 is 1.74 bits per heavy atom. The van der Waals surface area contributed by atoms with E-state index in [-0.39, 0.29) is 18.0 Å². The molecule has 0 saturated carbocycles. The van der Waals surface area contributed by atoms with Gasteiger partial charge in [-0.25, -0.2) is 0 Å². The average molecular weight is 453 g/mol. The van der Waals surface area contributed by atoms with Gasteiger partial charge in [0.05, 0.1) is 19.2 Å². The number of ketones is 2. The fourth-order valence-electron chi connectivity index (χ4n) is 3.44. The van der Waals surface area contributed by atoms with Gasteiger partial charge >= 0.3 is 0 Å². The molecule has 6 nitrogen and oxygen atoms in total. The number of aromatic amines is 1. The van der Waals surface area contributed by atoms with Crippen LogP contribution in [0.2, 0.25) is 0 Å². The van der Waals surface area contributed by atoms with Crippen molar-refractivity contribution in [2.75, 3.05) is 7.11 Å². The smallest absolute Gasteiger partial charge is 0.163 e. The number of para-hydroxylation sites is 1. The standard InChI is InChI=1S/C28H24N2O4/c1-33-27-14-10-20(16-28(27)34-19-22-6-4-5-15-29-22)9-12-23(31)17-24(32)13-11-21-18-30-26-8-3-2-7-25(21)26/h2-16,18,30H,17,19H2,1H3. The average Bonchev–Trinajstić information content (AvgIpc) is 3.29. The summed E-state index contributed by atoms with van der Waals surface area (Å²) in [6.07, 6.45) is 9.58. The van der Waals surface area contributed by atoms with Crippen LogP contribution in [-0.2, 0) is 16.2 Å². The summed E-state index contributed by atoms with van der Waals surface area (Å²) in [7, 11) is 1.57. The molecule has 0 spiro atoms. The molecule has 0 aliphatic rings. The van der Waals surface area contributed by atoms with Gasteiger partial charge in [-0.15, -0.1) is 0 Å². The van der Waals surface area contributed by atoms with E-state index < -0.39 is 0 Å². The highest BCUT2D eigenvalue weighted by molar-refractivity contribution is 6.11. The lowest BCUT2D eigenvalue weighted by molar-refractivity contribution is -0.121. The number of carbonyl (C=O) groups excluding carboxylic acids is 2. The molecule has 2 heterocycles. The molecule has 34 heavy (non-hydrogen) atoms. The van der Waals surface area contributed by atoms with E-state index in [2.05, 4.69) is 9.97 Å². The van der Waals surface area contributed by atoms with Crippen molar-refractivity contribution >= 4 is 34.6 Å². The summed E-state index contributed by atoms with van der Waals surface area (Å²) in [5.41, 5.74) is 3.45. The van der Waals surface area contributed by atoms with Gasteiger partial charge in [0, 0.05) is 23.3 Å². The maximum Gasteiger partial charge on any atom is 0.163 e. The molecule has 0 aliphatic heterocycles. The van der Waals surface area contributed by atoms with Crippen LogP contribution in [0.25, 0.3) is 23.1 Å². The molecule has 0 atom stereocenters. The van der Waals surface area contributed by atoms with E-state index in [0.29, 0.717) is 18.1 Å². The maximum absolute atomic E-state index is 12.3. The third kappa shape index (κ3) is 5.86. The molecule has 0 radical (unpaired) electrons. The van der Waals surface area contributed by atoms with Gasteiger partial charge in [-0.1, -0.05) is 36.4 Å². The third-order valence-corrected chi connectivity index (χ3v) is 5.17. The van der Waals surface area contributed by atoms with Crippen molar-refractivity contribution in [2.24, 2.45) is 0 Å². The molecule has 170 valence electrons. The van der Waals surface area contributed by atoms with Gasteiger partial charge in [0.25, 0.3) is 0 Å². The predicted octanol–water partition coefficient (Wildman–Crippen LogP) is 5.41. The first-order chi connectivity index (χ1) is 16.6. The van der Waals surface area contributed by atoms with Gasteiger partial charge in [0.15, 0.2) is 23.1 Å².